The number of piperidine rings is 1. The summed E-state index contributed by atoms with van der Waals surface area (Å²) in [5.74, 6) is 0. The molecule has 0 unspecified atom stereocenters. The van der Waals surface area contributed by atoms with Crippen molar-refractivity contribution < 1.29 is 20.4 Å². The summed E-state index contributed by atoms with van der Waals surface area (Å²) < 4.78 is 0. The van der Waals surface area contributed by atoms with Gasteiger partial charge in [0.15, 0.2) is 0 Å². The van der Waals surface area contributed by atoms with Crippen LogP contribution in [0.15, 0.2) is 24.3 Å². The number of likely N-dealkylation sites (tertiary alicyclic amines) is 1. The van der Waals surface area contributed by atoms with E-state index in [1.807, 2.05) is 17.0 Å². The average molecular weight is 325 g/mol. The van der Waals surface area contributed by atoms with Gasteiger partial charge in [0.1, 0.15) is 12.2 Å². The lowest BCUT2D eigenvalue weighted by atomic mass is 9.94. The molecule has 0 bridgehead atoms. The molecule has 1 aliphatic rings. The molecule has 5 nitrogen and oxygen atoms in total. The zero-order valence-corrected chi connectivity index (χ0v) is 14.5. The maximum absolute atomic E-state index is 10.0. The highest BCUT2D eigenvalue weighted by Crippen LogP contribution is 2.21. The van der Waals surface area contributed by atoms with E-state index in [-0.39, 0.29) is 13.2 Å². The van der Waals surface area contributed by atoms with E-state index in [1.54, 1.807) is 0 Å². The zero-order valence-electron chi connectivity index (χ0n) is 13.5. The van der Waals surface area contributed by atoms with Crippen LogP contribution in [0.1, 0.15) is 5.56 Å². The molecule has 0 saturated carbocycles. The summed E-state index contributed by atoms with van der Waals surface area (Å²) in [5, 5.41) is 40.5. The topological polar surface area (TPSA) is 84.2 Å². The van der Waals surface area contributed by atoms with Crippen LogP contribution in [0.3, 0.4) is 0 Å². The minimum Gasteiger partial charge on any atom is -0.395 e. The molecule has 4 N–H and O–H groups in total. The number of β-amino-alcohol motifs (C(OH)–C–C–N with tert-alkyl or cyclic N) is 1. The molecule has 6 heteroatoms. The zero-order chi connectivity index (χ0) is 16.5. The van der Waals surface area contributed by atoms with Gasteiger partial charge in [0.2, 0.25) is 0 Å². The summed E-state index contributed by atoms with van der Waals surface area (Å²) in [5.41, 5.74) is 1.09. The van der Waals surface area contributed by atoms with E-state index in [9.17, 15) is 20.4 Å². The highest BCUT2D eigenvalue weighted by atomic mass is 28.3. The number of hydrogen-bond donors (Lipinski definition) is 4. The second-order valence-electron chi connectivity index (χ2n) is 7.18. The molecule has 1 aliphatic heterocycles. The van der Waals surface area contributed by atoms with E-state index in [0.29, 0.717) is 6.54 Å². The van der Waals surface area contributed by atoms with Crippen LogP contribution in [0.4, 0.5) is 0 Å². The molecule has 124 valence electrons. The first-order valence-electron chi connectivity index (χ1n) is 7.72. The number of nitrogens with zero attached hydrogens (tertiary/aromatic N) is 1. The van der Waals surface area contributed by atoms with Crippen LogP contribution in [0.5, 0.6) is 0 Å². The molecule has 1 aromatic carbocycles. The predicted octanol–water partition coefficient (Wildman–Crippen LogP) is -0.509. The van der Waals surface area contributed by atoms with Crippen LogP contribution in [0.25, 0.3) is 0 Å². The molecule has 2 rings (SSSR count). The minimum absolute atomic E-state index is 0.237. The summed E-state index contributed by atoms with van der Waals surface area (Å²) in [6.07, 6.45) is -3.35. The Morgan fingerprint density at radius 2 is 1.82 bits per heavy atom. The van der Waals surface area contributed by atoms with Gasteiger partial charge in [-0.25, -0.2) is 0 Å². The van der Waals surface area contributed by atoms with E-state index in [4.69, 9.17) is 0 Å². The van der Waals surface area contributed by atoms with Gasteiger partial charge in [0.05, 0.1) is 26.8 Å². The summed E-state index contributed by atoms with van der Waals surface area (Å²) in [7, 11) is -1.40. The van der Waals surface area contributed by atoms with Crippen LogP contribution < -0.4 is 5.19 Å². The highest BCUT2D eigenvalue weighted by molar-refractivity contribution is 6.88. The van der Waals surface area contributed by atoms with Gasteiger partial charge < -0.3 is 20.4 Å². The number of aliphatic hydroxyl groups is 4. The molecule has 0 aliphatic carbocycles. The standard InChI is InChI=1S/C16H27NO4Si/c1-22(2,3)12-6-4-5-11(7-12)8-17-9-14(19)16(21)15(20)13(17)10-18/h4-7,13-16,18-21H,8-10H2,1-3H3/t13-,14+,15-,16-/m1/s1. The van der Waals surface area contributed by atoms with Gasteiger partial charge >= 0.3 is 0 Å². The van der Waals surface area contributed by atoms with Gasteiger partial charge in [0, 0.05) is 13.1 Å². The molecule has 0 spiro atoms. The highest BCUT2D eigenvalue weighted by Gasteiger charge is 2.40. The van der Waals surface area contributed by atoms with E-state index in [0.717, 1.165) is 5.56 Å². The van der Waals surface area contributed by atoms with Crippen molar-refractivity contribution >= 4 is 13.3 Å². The summed E-state index contributed by atoms with van der Waals surface area (Å²) in [4.78, 5) is 1.84. The molecular formula is C16H27NO4Si. The SMILES string of the molecule is C[Si](C)(C)c1cccc(CN2C[C@H](O)[C@@H](O)[C@H](O)[C@H]2CO)c1. The van der Waals surface area contributed by atoms with Crippen molar-refractivity contribution in [1.29, 1.82) is 0 Å². The Hall–Kier alpha value is -0.763. The van der Waals surface area contributed by atoms with Crippen molar-refractivity contribution in [3.8, 4) is 0 Å². The lowest BCUT2D eigenvalue weighted by Gasteiger charge is -2.43. The average Bonchev–Trinajstić information content (AvgIpc) is 2.45. The van der Waals surface area contributed by atoms with Gasteiger partial charge in [-0.05, 0) is 5.56 Å². The van der Waals surface area contributed by atoms with Gasteiger partial charge in [-0.15, -0.1) is 0 Å². The Kier molecular flexibility index (Phi) is 5.42. The fourth-order valence-electron chi connectivity index (χ4n) is 2.93. The number of benzene rings is 1. The first kappa shape index (κ1) is 17.6. The summed E-state index contributed by atoms with van der Waals surface area (Å²) in [6.45, 7) is 7.37. The van der Waals surface area contributed by atoms with Gasteiger partial charge in [-0.3, -0.25) is 4.90 Å². The maximum Gasteiger partial charge on any atom is 0.109 e. The van der Waals surface area contributed by atoms with Crippen LogP contribution in [-0.2, 0) is 6.54 Å². The lowest BCUT2D eigenvalue weighted by Crippen LogP contribution is -2.62. The molecule has 1 aromatic rings. The quantitative estimate of drug-likeness (QED) is 0.561. The van der Waals surface area contributed by atoms with Gasteiger partial charge in [-0.1, -0.05) is 49.1 Å². The number of hydrogen-bond acceptors (Lipinski definition) is 5. The smallest absolute Gasteiger partial charge is 0.109 e. The third-order valence-corrected chi connectivity index (χ3v) is 6.44. The number of aliphatic hydroxyl groups excluding tert-OH is 4. The van der Waals surface area contributed by atoms with Crippen molar-refractivity contribution in [1.82, 2.24) is 4.90 Å². The second-order valence-corrected chi connectivity index (χ2v) is 12.3. The Bertz CT molecular complexity index is 505. The Morgan fingerprint density at radius 1 is 1.14 bits per heavy atom. The number of rotatable bonds is 4. The molecule has 22 heavy (non-hydrogen) atoms. The van der Waals surface area contributed by atoms with Gasteiger partial charge in [0.25, 0.3) is 0 Å². The van der Waals surface area contributed by atoms with Crippen LogP contribution in [-0.4, -0.2) is 70.9 Å². The summed E-state index contributed by atoms with van der Waals surface area (Å²) >= 11 is 0. The molecule has 1 fully saturated rings. The maximum atomic E-state index is 10.0. The minimum atomic E-state index is -1.40. The van der Waals surface area contributed by atoms with Crippen molar-refractivity contribution in [3.63, 3.8) is 0 Å². The molecule has 0 radical (unpaired) electrons. The van der Waals surface area contributed by atoms with Crippen LogP contribution in [0.2, 0.25) is 19.6 Å². The monoisotopic (exact) mass is 325 g/mol. The Balaban J connectivity index is 2.18. The molecule has 1 saturated heterocycles. The second kappa shape index (κ2) is 6.78. The predicted molar refractivity (Wildman–Crippen MR) is 88.7 cm³/mol. The Labute approximate surface area is 132 Å². The molecule has 0 aromatic heterocycles. The normalized spacial score (nSPS) is 30.5. The van der Waals surface area contributed by atoms with Crippen molar-refractivity contribution in [3.05, 3.63) is 29.8 Å². The largest absolute Gasteiger partial charge is 0.395 e. The van der Waals surface area contributed by atoms with Crippen LogP contribution >= 0.6 is 0 Å². The van der Waals surface area contributed by atoms with Crippen molar-refractivity contribution in [2.45, 2.75) is 50.5 Å². The molecule has 4 atom stereocenters. The van der Waals surface area contributed by atoms with Crippen LogP contribution in [0, 0.1) is 0 Å². The first-order valence-corrected chi connectivity index (χ1v) is 11.2. The Morgan fingerprint density at radius 3 is 2.41 bits per heavy atom. The van der Waals surface area contributed by atoms with Crippen molar-refractivity contribution in [2.24, 2.45) is 0 Å². The van der Waals surface area contributed by atoms with E-state index >= 15 is 0 Å². The third kappa shape index (κ3) is 3.76. The van der Waals surface area contributed by atoms with Gasteiger partial charge in [-0.2, -0.15) is 0 Å². The third-order valence-electron chi connectivity index (χ3n) is 4.39. The van der Waals surface area contributed by atoms with E-state index < -0.39 is 32.4 Å². The van der Waals surface area contributed by atoms with E-state index in [1.165, 1.54) is 5.19 Å². The lowest BCUT2D eigenvalue weighted by molar-refractivity contribution is -0.147. The van der Waals surface area contributed by atoms with Crippen molar-refractivity contribution in [2.75, 3.05) is 13.2 Å². The summed E-state index contributed by atoms with van der Waals surface area (Å²) in [6, 6.07) is 7.80. The molecule has 0 amide bonds. The fraction of sp³-hybridized carbons (Fsp3) is 0.625. The molecular weight excluding hydrogens is 298 g/mol. The van der Waals surface area contributed by atoms with E-state index in [2.05, 4.69) is 31.8 Å². The molecule has 1 heterocycles. The first-order chi connectivity index (χ1) is 10.2. The fourth-order valence-corrected chi connectivity index (χ4v) is 4.15.